The van der Waals surface area contributed by atoms with Gasteiger partial charge in [-0.25, -0.2) is 4.79 Å². The zero-order chi connectivity index (χ0) is 16.4. The third-order valence-electron chi connectivity index (χ3n) is 4.05. The number of hydrogen-bond donors (Lipinski definition) is 0. The van der Waals surface area contributed by atoms with E-state index in [2.05, 4.69) is 12.1 Å². The number of hydrogen-bond acceptors (Lipinski definition) is 5. The van der Waals surface area contributed by atoms with E-state index < -0.39 is 0 Å². The fourth-order valence-corrected chi connectivity index (χ4v) is 5.03. The SMILES string of the molecule is CCOC(=O)c1sc(SC)c2c1C[C@H](c1ccccc1)CC2=O. The van der Waals surface area contributed by atoms with Crippen LogP contribution in [0.25, 0.3) is 0 Å². The number of ketones is 1. The lowest BCUT2D eigenvalue weighted by atomic mass is 9.80. The van der Waals surface area contributed by atoms with Gasteiger partial charge in [-0.2, -0.15) is 0 Å². The Kier molecular flexibility index (Phi) is 4.87. The highest BCUT2D eigenvalue weighted by Crippen LogP contribution is 2.43. The van der Waals surface area contributed by atoms with Crippen LogP contribution in [0.5, 0.6) is 0 Å². The highest BCUT2D eigenvalue weighted by atomic mass is 32.2. The van der Waals surface area contributed by atoms with Crippen molar-refractivity contribution in [2.45, 2.75) is 29.9 Å². The van der Waals surface area contributed by atoms with Crippen LogP contribution in [0.15, 0.2) is 34.5 Å². The van der Waals surface area contributed by atoms with E-state index in [-0.39, 0.29) is 17.7 Å². The molecule has 0 saturated heterocycles. The molecule has 1 heterocycles. The third-order valence-corrected chi connectivity index (χ3v) is 6.38. The Bertz CT molecular complexity index is 734. The van der Waals surface area contributed by atoms with Gasteiger partial charge in [-0.05, 0) is 36.6 Å². The summed E-state index contributed by atoms with van der Waals surface area (Å²) in [6.07, 6.45) is 3.16. The second kappa shape index (κ2) is 6.89. The fourth-order valence-electron chi connectivity index (χ4n) is 3.03. The summed E-state index contributed by atoms with van der Waals surface area (Å²) in [6, 6.07) is 10.1. The molecule has 0 amide bonds. The molecule has 1 aromatic carbocycles. The van der Waals surface area contributed by atoms with Crippen molar-refractivity contribution in [2.75, 3.05) is 12.9 Å². The standard InChI is InChI=1S/C18H18O3S2/c1-3-21-17(20)16-13-9-12(11-7-5-4-6-8-11)10-14(19)15(13)18(22-2)23-16/h4-8,12H,3,9-10H2,1-2H3/t12-/m0/s1. The Labute approximate surface area is 144 Å². The number of thiophene rings is 1. The molecule has 0 radical (unpaired) electrons. The van der Waals surface area contributed by atoms with Gasteiger partial charge in [-0.3, -0.25) is 4.79 Å². The first kappa shape index (κ1) is 16.3. The smallest absolute Gasteiger partial charge is 0.348 e. The summed E-state index contributed by atoms with van der Waals surface area (Å²) in [5.74, 6) is -0.0412. The van der Waals surface area contributed by atoms with Crippen LogP contribution in [0.2, 0.25) is 0 Å². The number of ether oxygens (including phenoxy) is 1. The van der Waals surface area contributed by atoms with Gasteiger partial charge in [0.15, 0.2) is 5.78 Å². The normalized spacial score (nSPS) is 17.0. The highest BCUT2D eigenvalue weighted by Gasteiger charge is 2.34. The molecule has 0 aliphatic heterocycles. The molecule has 1 aliphatic carbocycles. The number of carbonyl (C=O) groups is 2. The summed E-state index contributed by atoms with van der Waals surface area (Å²) in [5, 5.41) is 0. The van der Waals surface area contributed by atoms with Crippen molar-refractivity contribution in [3.63, 3.8) is 0 Å². The molecule has 0 unspecified atom stereocenters. The van der Waals surface area contributed by atoms with Gasteiger partial charge in [0.2, 0.25) is 0 Å². The average Bonchev–Trinajstić information content (AvgIpc) is 2.95. The Balaban J connectivity index is 2.03. The van der Waals surface area contributed by atoms with E-state index in [0.29, 0.717) is 17.9 Å². The number of esters is 1. The van der Waals surface area contributed by atoms with Gasteiger partial charge >= 0.3 is 5.97 Å². The summed E-state index contributed by atoms with van der Waals surface area (Å²) in [6.45, 7) is 2.14. The number of thioether (sulfide) groups is 1. The lowest BCUT2D eigenvalue weighted by Crippen LogP contribution is -2.20. The molecule has 2 aromatic rings. The van der Waals surface area contributed by atoms with E-state index in [4.69, 9.17) is 4.74 Å². The quantitative estimate of drug-likeness (QED) is 0.601. The molecule has 1 atom stereocenters. The first-order chi connectivity index (χ1) is 11.2. The molecule has 0 N–H and O–H groups in total. The van der Waals surface area contributed by atoms with Crippen LogP contribution in [0.4, 0.5) is 0 Å². The largest absolute Gasteiger partial charge is 0.462 e. The summed E-state index contributed by atoms with van der Waals surface area (Å²) in [5.41, 5.74) is 2.78. The lowest BCUT2D eigenvalue weighted by Gasteiger charge is -2.23. The summed E-state index contributed by atoms with van der Waals surface area (Å²) in [4.78, 5) is 25.5. The molecule has 0 saturated carbocycles. The van der Waals surface area contributed by atoms with E-state index in [1.807, 2.05) is 24.5 Å². The van der Waals surface area contributed by atoms with Crippen molar-refractivity contribution in [2.24, 2.45) is 0 Å². The molecule has 1 aromatic heterocycles. The number of fused-ring (bicyclic) bond motifs is 1. The van der Waals surface area contributed by atoms with Crippen LogP contribution in [0, 0.1) is 0 Å². The molecule has 1 aliphatic rings. The van der Waals surface area contributed by atoms with Crippen molar-refractivity contribution in [3.05, 3.63) is 51.9 Å². The minimum atomic E-state index is -0.310. The van der Waals surface area contributed by atoms with E-state index in [1.54, 1.807) is 6.92 Å². The third kappa shape index (κ3) is 3.08. The average molecular weight is 346 g/mol. The van der Waals surface area contributed by atoms with E-state index in [1.165, 1.54) is 23.1 Å². The van der Waals surface area contributed by atoms with Crippen LogP contribution in [-0.4, -0.2) is 24.6 Å². The predicted molar refractivity (Wildman–Crippen MR) is 93.9 cm³/mol. The van der Waals surface area contributed by atoms with Crippen LogP contribution in [0.1, 0.15) is 50.4 Å². The Morgan fingerprint density at radius 3 is 2.70 bits per heavy atom. The molecule has 0 fully saturated rings. The predicted octanol–water partition coefficient (Wildman–Crippen LogP) is 4.56. The van der Waals surface area contributed by atoms with Gasteiger partial charge in [0, 0.05) is 12.0 Å². The summed E-state index contributed by atoms with van der Waals surface area (Å²) < 4.78 is 6.11. The van der Waals surface area contributed by atoms with Crippen molar-refractivity contribution < 1.29 is 14.3 Å². The number of benzene rings is 1. The molecule has 0 bridgehead atoms. The van der Waals surface area contributed by atoms with Crippen molar-refractivity contribution in [1.82, 2.24) is 0 Å². The van der Waals surface area contributed by atoms with E-state index >= 15 is 0 Å². The molecule has 0 spiro atoms. The maximum atomic E-state index is 12.7. The number of carbonyl (C=O) groups excluding carboxylic acids is 2. The second-order valence-electron chi connectivity index (χ2n) is 5.44. The zero-order valence-corrected chi connectivity index (χ0v) is 14.8. The van der Waals surface area contributed by atoms with Gasteiger partial charge in [0.05, 0.1) is 10.8 Å². The highest BCUT2D eigenvalue weighted by molar-refractivity contribution is 8.00. The summed E-state index contributed by atoms with van der Waals surface area (Å²) >= 11 is 2.92. The molecular weight excluding hydrogens is 328 g/mol. The molecule has 23 heavy (non-hydrogen) atoms. The van der Waals surface area contributed by atoms with Crippen LogP contribution >= 0.6 is 23.1 Å². The minimum absolute atomic E-state index is 0.133. The molecular formula is C18H18O3S2. The maximum absolute atomic E-state index is 12.7. The van der Waals surface area contributed by atoms with Crippen molar-refractivity contribution >= 4 is 34.9 Å². The maximum Gasteiger partial charge on any atom is 0.348 e. The molecule has 120 valence electrons. The van der Waals surface area contributed by atoms with Gasteiger partial charge in [-0.15, -0.1) is 23.1 Å². The van der Waals surface area contributed by atoms with Crippen LogP contribution in [0.3, 0.4) is 0 Å². The number of rotatable bonds is 4. The van der Waals surface area contributed by atoms with Crippen LogP contribution in [-0.2, 0) is 11.2 Å². The van der Waals surface area contributed by atoms with Crippen molar-refractivity contribution in [3.8, 4) is 0 Å². The second-order valence-corrected chi connectivity index (χ2v) is 7.53. The molecule has 3 rings (SSSR count). The first-order valence-electron chi connectivity index (χ1n) is 7.60. The molecule has 5 heteroatoms. The minimum Gasteiger partial charge on any atom is -0.462 e. The van der Waals surface area contributed by atoms with Gasteiger partial charge in [0.1, 0.15) is 4.88 Å². The monoisotopic (exact) mass is 346 g/mol. The Morgan fingerprint density at radius 1 is 1.30 bits per heavy atom. The Morgan fingerprint density at radius 2 is 2.04 bits per heavy atom. The number of Topliss-reactive ketones (excluding diaryl/α,β-unsaturated/α-hetero) is 1. The van der Waals surface area contributed by atoms with Gasteiger partial charge < -0.3 is 4.74 Å². The zero-order valence-electron chi connectivity index (χ0n) is 13.1. The van der Waals surface area contributed by atoms with E-state index in [0.717, 1.165) is 27.3 Å². The van der Waals surface area contributed by atoms with Crippen molar-refractivity contribution in [1.29, 1.82) is 0 Å². The fraction of sp³-hybridized carbons (Fsp3) is 0.333. The Hall–Kier alpha value is -1.59. The van der Waals surface area contributed by atoms with Gasteiger partial charge in [-0.1, -0.05) is 30.3 Å². The molecule has 3 nitrogen and oxygen atoms in total. The van der Waals surface area contributed by atoms with Gasteiger partial charge in [0.25, 0.3) is 0 Å². The topological polar surface area (TPSA) is 43.4 Å². The lowest BCUT2D eigenvalue weighted by molar-refractivity contribution is 0.0531. The van der Waals surface area contributed by atoms with E-state index in [9.17, 15) is 9.59 Å². The summed E-state index contributed by atoms with van der Waals surface area (Å²) in [7, 11) is 0. The van der Waals surface area contributed by atoms with Crippen LogP contribution < -0.4 is 0 Å². The first-order valence-corrected chi connectivity index (χ1v) is 9.64.